The van der Waals surface area contributed by atoms with Gasteiger partial charge in [-0.1, -0.05) is 65.3 Å². The van der Waals surface area contributed by atoms with Gasteiger partial charge < -0.3 is 20.7 Å². The van der Waals surface area contributed by atoms with Crippen LogP contribution in [0.2, 0.25) is 10.0 Å². The molecule has 2 heterocycles. The first kappa shape index (κ1) is 36.7. The molecule has 5 rings (SSSR count). The lowest BCUT2D eigenvalue weighted by Gasteiger charge is -2.32. The molecule has 1 aromatic heterocycles. The molecule has 4 aromatic rings. The number of hydrogen-bond donors (Lipinski definition) is 3. The lowest BCUT2D eigenvalue weighted by molar-refractivity contribution is -0.119. The van der Waals surface area contributed by atoms with Crippen LogP contribution in [0.4, 0.5) is 11.4 Å². The van der Waals surface area contributed by atoms with E-state index in [-0.39, 0.29) is 30.2 Å². The maximum absolute atomic E-state index is 12.8. The van der Waals surface area contributed by atoms with Crippen molar-refractivity contribution in [1.82, 2.24) is 15.2 Å². The van der Waals surface area contributed by atoms with Crippen molar-refractivity contribution in [3.8, 4) is 11.3 Å². The SMILES string of the molecule is CC(C)(C)OC(=O)c1ccccc1NCC(=O)Nc1cccc(-c2csc(SCC(=O)NC3CCN(Cc4ccc(Cl)c(Cl)c4)CC3)n2)c1. The molecule has 258 valence electrons. The number of thiazole rings is 1. The number of piperidine rings is 1. The number of halogens is 2. The van der Waals surface area contributed by atoms with Gasteiger partial charge in [-0.15, -0.1) is 11.3 Å². The molecule has 0 radical (unpaired) electrons. The van der Waals surface area contributed by atoms with Crippen molar-refractivity contribution in [3.05, 3.63) is 93.3 Å². The van der Waals surface area contributed by atoms with Crippen molar-refractivity contribution >= 4 is 75.5 Å². The van der Waals surface area contributed by atoms with E-state index < -0.39 is 11.6 Å². The molecular weight excluding hydrogens is 701 g/mol. The van der Waals surface area contributed by atoms with Crippen molar-refractivity contribution in [2.45, 2.75) is 56.1 Å². The Morgan fingerprint density at radius 3 is 2.51 bits per heavy atom. The Hall–Kier alpha value is -3.61. The van der Waals surface area contributed by atoms with Crippen molar-refractivity contribution in [2.24, 2.45) is 0 Å². The number of para-hydroxylation sites is 1. The number of benzene rings is 3. The number of thioether (sulfide) groups is 1. The van der Waals surface area contributed by atoms with E-state index >= 15 is 0 Å². The number of carbonyl (C=O) groups excluding carboxylic acids is 3. The van der Waals surface area contributed by atoms with Crippen LogP contribution in [0.25, 0.3) is 11.3 Å². The van der Waals surface area contributed by atoms with Crippen LogP contribution in [0.1, 0.15) is 49.5 Å². The summed E-state index contributed by atoms with van der Waals surface area (Å²) in [4.78, 5) is 45.2. The first-order chi connectivity index (χ1) is 23.4. The maximum Gasteiger partial charge on any atom is 0.340 e. The maximum atomic E-state index is 12.8. The number of likely N-dealkylation sites (tertiary alicyclic amines) is 1. The molecule has 1 saturated heterocycles. The second-order valence-electron chi connectivity index (χ2n) is 12.7. The molecule has 0 saturated carbocycles. The lowest BCUT2D eigenvalue weighted by Crippen LogP contribution is -2.44. The summed E-state index contributed by atoms with van der Waals surface area (Å²) in [6.45, 7) is 7.98. The summed E-state index contributed by atoms with van der Waals surface area (Å²) in [7, 11) is 0. The Labute approximate surface area is 305 Å². The summed E-state index contributed by atoms with van der Waals surface area (Å²) in [6.07, 6.45) is 1.78. The van der Waals surface area contributed by atoms with E-state index in [9.17, 15) is 14.4 Å². The Morgan fingerprint density at radius 1 is 0.980 bits per heavy atom. The minimum atomic E-state index is -0.632. The number of carbonyl (C=O) groups is 3. The van der Waals surface area contributed by atoms with Gasteiger partial charge in [0.2, 0.25) is 11.8 Å². The molecule has 49 heavy (non-hydrogen) atoms. The molecule has 0 bridgehead atoms. The summed E-state index contributed by atoms with van der Waals surface area (Å²) < 4.78 is 6.29. The second-order valence-corrected chi connectivity index (χ2v) is 15.6. The Kier molecular flexibility index (Phi) is 12.6. The van der Waals surface area contributed by atoms with Crippen LogP contribution in [-0.4, -0.2) is 64.7 Å². The van der Waals surface area contributed by atoms with Crippen LogP contribution < -0.4 is 16.0 Å². The minimum absolute atomic E-state index is 0.00304. The van der Waals surface area contributed by atoms with Crippen LogP contribution >= 0.6 is 46.3 Å². The Balaban J connectivity index is 1.06. The van der Waals surface area contributed by atoms with Crippen molar-refractivity contribution < 1.29 is 19.1 Å². The van der Waals surface area contributed by atoms with E-state index in [1.807, 2.05) is 41.8 Å². The highest BCUT2D eigenvalue weighted by Gasteiger charge is 2.22. The molecule has 0 aliphatic carbocycles. The van der Waals surface area contributed by atoms with Gasteiger partial charge in [-0.05, 0) is 75.6 Å². The van der Waals surface area contributed by atoms with Crippen molar-refractivity contribution in [3.63, 3.8) is 0 Å². The zero-order valence-corrected chi connectivity index (χ0v) is 30.7. The summed E-state index contributed by atoms with van der Waals surface area (Å²) in [5.41, 5.74) is 3.61. The quantitative estimate of drug-likeness (QED) is 0.0991. The van der Waals surface area contributed by atoms with E-state index in [1.165, 1.54) is 23.1 Å². The Morgan fingerprint density at radius 2 is 1.76 bits per heavy atom. The van der Waals surface area contributed by atoms with Crippen LogP contribution in [0.3, 0.4) is 0 Å². The fourth-order valence-corrected chi connectivity index (χ4v) is 7.24. The van der Waals surface area contributed by atoms with Gasteiger partial charge in [0.15, 0.2) is 4.34 Å². The summed E-state index contributed by atoms with van der Waals surface area (Å²) >= 11 is 15.1. The predicted octanol–water partition coefficient (Wildman–Crippen LogP) is 8.00. The van der Waals surface area contributed by atoms with Gasteiger partial charge in [-0.3, -0.25) is 14.5 Å². The third-order valence-electron chi connectivity index (χ3n) is 7.58. The number of aromatic nitrogens is 1. The van der Waals surface area contributed by atoms with E-state index in [0.717, 1.165) is 53.6 Å². The Bertz CT molecular complexity index is 1790. The molecule has 1 aliphatic heterocycles. The highest BCUT2D eigenvalue weighted by Crippen LogP contribution is 2.30. The van der Waals surface area contributed by atoms with Gasteiger partial charge in [-0.2, -0.15) is 0 Å². The van der Waals surface area contributed by atoms with Gasteiger partial charge in [0.05, 0.1) is 33.6 Å². The minimum Gasteiger partial charge on any atom is -0.456 e. The van der Waals surface area contributed by atoms with E-state index in [2.05, 4.69) is 20.9 Å². The fourth-order valence-electron chi connectivity index (χ4n) is 5.27. The van der Waals surface area contributed by atoms with E-state index in [0.29, 0.717) is 27.0 Å². The van der Waals surface area contributed by atoms with Gasteiger partial charge in [-0.25, -0.2) is 9.78 Å². The normalized spacial score (nSPS) is 13.9. The highest BCUT2D eigenvalue weighted by molar-refractivity contribution is 8.01. The summed E-state index contributed by atoms with van der Waals surface area (Å²) in [6, 6.07) is 20.3. The number of esters is 1. The van der Waals surface area contributed by atoms with Gasteiger partial charge >= 0.3 is 5.97 Å². The van der Waals surface area contributed by atoms with Gasteiger partial charge in [0.25, 0.3) is 0 Å². The van der Waals surface area contributed by atoms with Crippen LogP contribution in [0.15, 0.2) is 76.4 Å². The molecule has 3 N–H and O–H groups in total. The molecule has 1 aliphatic rings. The number of hydrogen-bond acceptors (Lipinski definition) is 9. The lowest BCUT2D eigenvalue weighted by atomic mass is 10.0. The third kappa shape index (κ3) is 11.2. The third-order valence-corrected chi connectivity index (χ3v) is 10.3. The molecule has 9 nitrogen and oxygen atoms in total. The van der Waals surface area contributed by atoms with E-state index in [4.69, 9.17) is 32.9 Å². The van der Waals surface area contributed by atoms with Crippen molar-refractivity contribution in [1.29, 1.82) is 0 Å². The molecule has 0 unspecified atom stereocenters. The van der Waals surface area contributed by atoms with Crippen LogP contribution in [0.5, 0.6) is 0 Å². The smallest absolute Gasteiger partial charge is 0.340 e. The van der Waals surface area contributed by atoms with E-state index in [1.54, 1.807) is 51.1 Å². The number of rotatable bonds is 12. The molecule has 0 atom stereocenters. The molecule has 1 fully saturated rings. The average Bonchev–Trinajstić information content (AvgIpc) is 3.54. The summed E-state index contributed by atoms with van der Waals surface area (Å²) in [5.74, 6) is -0.443. The first-order valence-electron chi connectivity index (χ1n) is 15.9. The number of amides is 2. The van der Waals surface area contributed by atoms with Crippen LogP contribution in [0, 0.1) is 0 Å². The zero-order chi connectivity index (χ0) is 35.0. The van der Waals surface area contributed by atoms with Gasteiger partial charge in [0.1, 0.15) is 5.60 Å². The topological polar surface area (TPSA) is 113 Å². The number of anilines is 2. The molecular formula is C36H39Cl2N5O4S2. The molecule has 0 spiro atoms. The fraction of sp³-hybridized carbons (Fsp3) is 0.333. The standard InChI is InChI=1S/C36H39Cl2N5O4S2/c1-36(2,3)47-34(46)27-9-4-5-10-30(27)39-19-32(44)41-26-8-6-7-24(18-26)31-21-48-35(42-31)49-22-33(45)40-25-13-15-43(16-14-25)20-23-11-12-28(37)29(38)17-23/h4-12,17-18,21,25,39H,13-16,19-20,22H2,1-3H3,(H,40,45)(H,41,44). The monoisotopic (exact) mass is 739 g/mol. The zero-order valence-electron chi connectivity index (χ0n) is 27.6. The molecule has 3 aromatic carbocycles. The summed E-state index contributed by atoms with van der Waals surface area (Å²) in [5, 5.41) is 12.2. The highest BCUT2D eigenvalue weighted by atomic mass is 35.5. The second kappa shape index (κ2) is 16.9. The molecule has 2 amide bonds. The first-order valence-corrected chi connectivity index (χ1v) is 18.5. The van der Waals surface area contributed by atoms with Crippen LogP contribution in [-0.2, 0) is 20.9 Å². The number of nitrogens with zero attached hydrogens (tertiary/aromatic N) is 2. The average molecular weight is 741 g/mol. The number of ether oxygens (including phenoxy) is 1. The largest absolute Gasteiger partial charge is 0.456 e. The molecule has 13 heteroatoms. The number of nitrogens with one attached hydrogen (secondary N) is 3. The van der Waals surface area contributed by atoms with Gasteiger partial charge in [0, 0.05) is 48.0 Å². The van der Waals surface area contributed by atoms with Crippen molar-refractivity contribution in [2.75, 3.05) is 36.0 Å². The predicted molar refractivity (Wildman–Crippen MR) is 200 cm³/mol.